The summed E-state index contributed by atoms with van der Waals surface area (Å²) in [6.07, 6.45) is 4.08. The van der Waals surface area contributed by atoms with E-state index in [0.29, 0.717) is 5.41 Å². The van der Waals surface area contributed by atoms with Gasteiger partial charge in [-0.3, -0.25) is 0 Å². The Hall–Kier alpha value is -0.320. The molecule has 0 aromatic heterocycles. The van der Waals surface area contributed by atoms with Gasteiger partial charge in [0.1, 0.15) is 0 Å². The van der Waals surface area contributed by atoms with Crippen LogP contribution in [0.3, 0.4) is 0 Å². The summed E-state index contributed by atoms with van der Waals surface area (Å²) in [6.45, 7) is 23.1. The largest absolute Gasteiger partial charge is 0.330 e. The van der Waals surface area contributed by atoms with E-state index in [4.69, 9.17) is 5.73 Å². The number of nitrogens with zero attached hydrogens (tertiary/aromatic N) is 4. The summed E-state index contributed by atoms with van der Waals surface area (Å²) in [5, 5.41) is 9.37. The van der Waals surface area contributed by atoms with Crippen LogP contribution in [0.4, 0.5) is 0 Å². The molecule has 0 aromatic carbocycles. The number of rotatable bonds is 5. The summed E-state index contributed by atoms with van der Waals surface area (Å²) in [6, 6.07) is 0. The van der Waals surface area contributed by atoms with Crippen LogP contribution in [-0.4, -0.2) is 146 Å². The first-order valence-corrected chi connectivity index (χ1v) is 14.3. The van der Waals surface area contributed by atoms with Crippen molar-refractivity contribution in [2.45, 2.75) is 33.1 Å². The monoisotopic (exact) mass is 496 g/mol. The molecule has 8 heteroatoms. The van der Waals surface area contributed by atoms with E-state index in [0.717, 1.165) is 31.0 Å². The van der Waals surface area contributed by atoms with E-state index in [1.54, 1.807) is 0 Å². The van der Waals surface area contributed by atoms with Gasteiger partial charge in [-0.25, -0.2) is 0 Å². The Morgan fingerprint density at radius 2 is 1.43 bits per heavy atom. The average Bonchev–Trinajstić information content (AvgIpc) is 2.79. The van der Waals surface area contributed by atoms with E-state index in [-0.39, 0.29) is 0 Å². The molecule has 5 heterocycles. The van der Waals surface area contributed by atoms with E-state index >= 15 is 0 Å². The van der Waals surface area contributed by atoms with Gasteiger partial charge in [-0.2, -0.15) is 0 Å². The van der Waals surface area contributed by atoms with E-state index in [1.165, 1.54) is 97.8 Å². The summed E-state index contributed by atoms with van der Waals surface area (Å²) in [7, 11) is 8.18. The maximum atomic E-state index is 5.43. The molecular weight excluding hydrogens is 436 g/mol. The van der Waals surface area contributed by atoms with Gasteiger partial charge in [0.05, 0.1) is 0 Å². The van der Waals surface area contributed by atoms with Crippen molar-refractivity contribution < 1.29 is 0 Å². The highest BCUT2D eigenvalue weighted by molar-refractivity contribution is 5.04. The topological polar surface area (TPSA) is 75.1 Å². The molecule has 0 bridgehead atoms. The number of nitrogens with two attached hydrogens (primary N) is 1. The molecule has 35 heavy (non-hydrogen) atoms. The summed E-state index contributed by atoms with van der Waals surface area (Å²) in [5.74, 6) is 0.974. The Labute approximate surface area is 217 Å². The standard InChI is InChI=1S/C12H23N3.C8H18N2.C5H12N2.C2H7N/c1-14-7-12(8-14)9-15(10-12)6-11-2-4-13-5-3-11;1-3-4-10-7-5-9(2)6-8-10;1-5(2-6)3-7-4-5;1-3-2/h11,13H,2-10H2,1H3;3-8H2,1-2H3;7H,2-4,6H2,1H3;3H,1-2H3. The van der Waals surface area contributed by atoms with Crippen LogP contribution < -0.4 is 21.7 Å². The van der Waals surface area contributed by atoms with Crippen molar-refractivity contribution in [3.8, 4) is 0 Å². The molecule has 5 N–H and O–H groups in total. The van der Waals surface area contributed by atoms with Crippen LogP contribution in [0.25, 0.3) is 0 Å². The minimum atomic E-state index is 0.431. The second-order valence-electron chi connectivity index (χ2n) is 12.3. The third kappa shape index (κ3) is 10.9. The third-order valence-electron chi connectivity index (χ3n) is 8.04. The van der Waals surface area contributed by atoms with Crippen molar-refractivity contribution in [3.05, 3.63) is 0 Å². The van der Waals surface area contributed by atoms with Crippen LogP contribution in [0.2, 0.25) is 0 Å². The number of piperidine rings is 1. The second kappa shape index (κ2) is 15.8. The van der Waals surface area contributed by atoms with E-state index in [9.17, 15) is 0 Å². The van der Waals surface area contributed by atoms with Gasteiger partial charge in [0.25, 0.3) is 0 Å². The van der Waals surface area contributed by atoms with Crippen LogP contribution >= 0.6 is 0 Å². The molecule has 5 aliphatic rings. The number of hydrogen-bond acceptors (Lipinski definition) is 8. The first-order chi connectivity index (χ1) is 16.8. The molecular formula is C27H60N8. The molecule has 208 valence electrons. The fourth-order valence-electron chi connectivity index (χ4n) is 5.84. The van der Waals surface area contributed by atoms with Gasteiger partial charge in [-0.15, -0.1) is 0 Å². The molecule has 5 rings (SSSR count). The molecule has 0 aliphatic carbocycles. The predicted molar refractivity (Wildman–Crippen MR) is 151 cm³/mol. The maximum absolute atomic E-state index is 5.43. The molecule has 0 aromatic rings. The van der Waals surface area contributed by atoms with Gasteiger partial charge in [0, 0.05) is 89.4 Å². The van der Waals surface area contributed by atoms with Crippen LogP contribution in [0.15, 0.2) is 0 Å². The molecule has 0 atom stereocenters. The number of likely N-dealkylation sites (N-methyl/N-ethyl adjacent to an activating group) is 1. The van der Waals surface area contributed by atoms with Gasteiger partial charge < -0.3 is 41.3 Å². The average molecular weight is 497 g/mol. The van der Waals surface area contributed by atoms with Crippen molar-refractivity contribution in [1.82, 2.24) is 35.6 Å². The Bertz CT molecular complexity index is 522. The van der Waals surface area contributed by atoms with E-state index < -0.39 is 0 Å². The molecule has 0 radical (unpaired) electrons. The first-order valence-electron chi connectivity index (χ1n) is 14.3. The number of hydrogen-bond donors (Lipinski definition) is 4. The lowest BCUT2D eigenvalue weighted by molar-refractivity contribution is -0.109. The third-order valence-corrected chi connectivity index (χ3v) is 8.04. The number of likely N-dealkylation sites (tertiary alicyclic amines) is 2. The predicted octanol–water partition coefficient (Wildman–Crippen LogP) is 0.267. The van der Waals surface area contributed by atoms with Gasteiger partial charge >= 0.3 is 0 Å². The fourth-order valence-corrected chi connectivity index (χ4v) is 5.84. The Kier molecular flexibility index (Phi) is 14.0. The molecule has 5 fully saturated rings. The zero-order valence-corrected chi connectivity index (χ0v) is 24.2. The summed E-state index contributed by atoms with van der Waals surface area (Å²) in [4.78, 5) is 10.1. The lowest BCUT2D eigenvalue weighted by Gasteiger charge is -2.60. The summed E-state index contributed by atoms with van der Waals surface area (Å²) < 4.78 is 0. The molecule has 0 saturated carbocycles. The lowest BCUT2D eigenvalue weighted by Crippen LogP contribution is -2.71. The Morgan fingerprint density at radius 1 is 0.857 bits per heavy atom. The molecule has 5 saturated heterocycles. The van der Waals surface area contributed by atoms with Gasteiger partial charge in [0.15, 0.2) is 0 Å². The molecule has 8 nitrogen and oxygen atoms in total. The SMILES string of the molecule is CC1(CN)CNC1.CCCN1CCN(C)CC1.CN1CC2(C1)CN(CC1CCNCC1)C2.CNC. The molecule has 1 spiro atoms. The Balaban J connectivity index is 0.000000187. The minimum absolute atomic E-state index is 0.431. The van der Waals surface area contributed by atoms with Crippen LogP contribution in [0.1, 0.15) is 33.1 Å². The maximum Gasteiger partial charge on any atom is 0.0212 e. The van der Waals surface area contributed by atoms with Crippen LogP contribution in [-0.2, 0) is 0 Å². The van der Waals surface area contributed by atoms with Gasteiger partial charge in [-0.1, -0.05) is 13.8 Å². The summed E-state index contributed by atoms with van der Waals surface area (Å²) >= 11 is 0. The summed E-state index contributed by atoms with van der Waals surface area (Å²) in [5.41, 5.74) is 6.58. The second-order valence-corrected chi connectivity index (χ2v) is 12.3. The van der Waals surface area contributed by atoms with Crippen molar-refractivity contribution in [3.63, 3.8) is 0 Å². The number of piperazine rings is 1. The lowest BCUT2D eigenvalue weighted by atomic mass is 9.72. The van der Waals surface area contributed by atoms with E-state index in [1.807, 2.05) is 14.1 Å². The first kappa shape index (κ1) is 30.9. The highest BCUT2D eigenvalue weighted by atomic mass is 15.3. The van der Waals surface area contributed by atoms with Crippen molar-refractivity contribution in [1.29, 1.82) is 0 Å². The molecule has 5 aliphatic heterocycles. The zero-order chi connectivity index (χ0) is 25.7. The normalized spacial score (nSPS) is 26.5. The van der Waals surface area contributed by atoms with Crippen molar-refractivity contribution >= 4 is 0 Å². The smallest absolute Gasteiger partial charge is 0.0212 e. The van der Waals surface area contributed by atoms with Gasteiger partial charge in [-0.05, 0) is 73.0 Å². The highest BCUT2D eigenvalue weighted by Crippen LogP contribution is 2.39. The van der Waals surface area contributed by atoms with Crippen molar-refractivity contribution in [2.75, 3.05) is 126 Å². The minimum Gasteiger partial charge on any atom is -0.330 e. The molecule has 0 amide bonds. The fraction of sp³-hybridized carbons (Fsp3) is 1.00. The van der Waals surface area contributed by atoms with Gasteiger partial charge in [0.2, 0.25) is 0 Å². The Morgan fingerprint density at radius 3 is 1.83 bits per heavy atom. The van der Waals surface area contributed by atoms with E-state index in [2.05, 4.69) is 63.5 Å². The van der Waals surface area contributed by atoms with Crippen LogP contribution in [0.5, 0.6) is 0 Å². The van der Waals surface area contributed by atoms with Crippen molar-refractivity contribution in [2.24, 2.45) is 22.5 Å². The zero-order valence-electron chi connectivity index (χ0n) is 24.2. The molecule has 0 unspecified atom stereocenters. The number of nitrogens with one attached hydrogen (secondary N) is 3. The quantitative estimate of drug-likeness (QED) is 0.432. The highest BCUT2D eigenvalue weighted by Gasteiger charge is 2.50. The van der Waals surface area contributed by atoms with Crippen LogP contribution in [0, 0.1) is 16.7 Å².